The minimum Gasteiger partial charge on any atom is -0.429 e. The molecule has 0 aliphatic heterocycles. The van der Waals surface area contributed by atoms with Gasteiger partial charge in [0.15, 0.2) is 0 Å². The summed E-state index contributed by atoms with van der Waals surface area (Å²) in [6.45, 7) is 1.75. The maximum Gasteiger partial charge on any atom is 0.301 e. The summed E-state index contributed by atoms with van der Waals surface area (Å²) >= 11 is 5.72. The molecule has 1 N–H and O–H groups in total. The SMILES string of the molecule is Cc1cnc(NC(=O)c2ccc(Cl)cc2)o1. The Hall–Kier alpha value is -1.81. The zero-order valence-corrected chi connectivity index (χ0v) is 9.28. The standard InChI is InChI=1S/C11H9ClN2O2/c1-7-6-13-11(16-7)14-10(15)8-2-4-9(12)5-3-8/h2-6H,1H3,(H,13,14,15). The van der Waals surface area contributed by atoms with Gasteiger partial charge < -0.3 is 4.42 Å². The van der Waals surface area contributed by atoms with Gasteiger partial charge in [-0.25, -0.2) is 4.98 Å². The molecule has 1 aromatic heterocycles. The number of rotatable bonds is 2. The first-order valence-electron chi connectivity index (χ1n) is 4.64. The zero-order chi connectivity index (χ0) is 11.5. The van der Waals surface area contributed by atoms with E-state index in [2.05, 4.69) is 10.3 Å². The molecule has 1 heterocycles. The van der Waals surface area contributed by atoms with E-state index in [0.29, 0.717) is 16.3 Å². The molecule has 1 aromatic carbocycles. The number of anilines is 1. The Bertz CT molecular complexity index is 505. The van der Waals surface area contributed by atoms with E-state index in [1.165, 1.54) is 6.20 Å². The van der Waals surface area contributed by atoms with Crippen LogP contribution in [-0.2, 0) is 0 Å². The van der Waals surface area contributed by atoms with Crippen LogP contribution in [0.4, 0.5) is 6.01 Å². The fourth-order valence-corrected chi connectivity index (χ4v) is 1.31. The summed E-state index contributed by atoms with van der Waals surface area (Å²) in [6, 6.07) is 6.76. The molecule has 0 atom stereocenters. The van der Waals surface area contributed by atoms with Crippen molar-refractivity contribution in [3.63, 3.8) is 0 Å². The van der Waals surface area contributed by atoms with Crippen LogP contribution in [0.2, 0.25) is 5.02 Å². The first-order valence-corrected chi connectivity index (χ1v) is 5.02. The molecule has 0 spiro atoms. The van der Waals surface area contributed by atoms with Crippen LogP contribution in [0.15, 0.2) is 34.9 Å². The Morgan fingerprint density at radius 3 is 2.62 bits per heavy atom. The largest absolute Gasteiger partial charge is 0.429 e. The second kappa shape index (κ2) is 4.37. The fraction of sp³-hybridized carbons (Fsp3) is 0.0909. The van der Waals surface area contributed by atoms with Crippen molar-refractivity contribution in [1.82, 2.24) is 4.98 Å². The molecule has 0 saturated carbocycles. The zero-order valence-electron chi connectivity index (χ0n) is 8.53. The van der Waals surface area contributed by atoms with Gasteiger partial charge in [0.1, 0.15) is 5.76 Å². The Labute approximate surface area is 97.2 Å². The molecular formula is C11H9ClN2O2. The molecule has 0 aliphatic rings. The molecule has 0 bridgehead atoms. The van der Waals surface area contributed by atoms with Gasteiger partial charge >= 0.3 is 6.01 Å². The molecule has 4 nitrogen and oxygen atoms in total. The highest BCUT2D eigenvalue weighted by atomic mass is 35.5. The third-order valence-electron chi connectivity index (χ3n) is 1.95. The van der Waals surface area contributed by atoms with Gasteiger partial charge in [0.25, 0.3) is 5.91 Å². The van der Waals surface area contributed by atoms with Gasteiger partial charge in [-0.3, -0.25) is 10.1 Å². The minimum atomic E-state index is -0.279. The summed E-state index contributed by atoms with van der Waals surface area (Å²) in [7, 11) is 0. The third kappa shape index (κ3) is 2.41. The van der Waals surface area contributed by atoms with Gasteiger partial charge in [-0.1, -0.05) is 11.6 Å². The van der Waals surface area contributed by atoms with Crippen molar-refractivity contribution >= 4 is 23.5 Å². The number of oxazole rings is 1. The number of aromatic nitrogens is 1. The lowest BCUT2D eigenvalue weighted by atomic mass is 10.2. The number of hydrogen-bond donors (Lipinski definition) is 1. The molecule has 82 valence electrons. The van der Waals surface area contributed by atoms with E-state index in [9.17, 15) is 4.79 Å². The summed E-state index contributed by atoms with van der Waals surface area (Å²) in [5.74, 6) is 0.366. The predicted molar refractivity (Wildman–Crippen MR) is 60.6 cm³/mol. The van der Waals surface area contributed by atoms with Gasteiger partial charge in [0.05, 0.1) is 6.20 Å². The van der Waals surface area contributed by atoms with Gasteiger partial charge in [-0.2, -0.15) is 0 Å². The Balaban J connectivity index is 2.11. The average molecular weight is 237 g/mol. The van der Waals surface area contributed by atoms with Gasteiger partial charge in [0.2, 0.25) is 0 Å². The number of carbonyl (C=O) groups excluding carboxylic acids is 1. The van der Waals surface area contributed by atoms with Gasteiger partial charge in [-0.15, -0.1) is 0 Å². The fourth-order valence-electron chi connectivity index (χ4n) is 1.18. The summed E-state index contributed by atoms with van der Waals surface area (Å²) in [6.07, 6.45) is 1.54. The average Bonchev–Trinajstić information content (AvgIpc) is 2.65. The highest BCUT2D eigenvalue weighted by Crippen LogP contribution is 2.12. The van der Waals surface area contributed by atoms with Crippen LogP contribution in [0.1, 0.15) is 16.1 Å². The molecule has 0 unspecified atom stereocenters. The lowest BCUT2D eigenvalue weighted by Gasteiger charge is -2.00. The topological polar surface area (TPSA) is 55.1 Å². The maximum absolute atomic E-state index is 11.7. The molecule has 5 heteroatoms. The normalized spacial score (nSPS) is 10.1. The molecule has 2 rings (SSSR count). The van der Waals surface area contributed by atoms with Crippen molar-refractivity contribution < 1.29 is 9.21 Å². The van der Waals surface area contributed by atoms with Crippen molar-refractivity contribution in [3.8, 4) is 0 Å². The predicted octanol–water partition coefficient (Wildman–Crippen LogP) is 2.89. The van der Waals surface area contributed by atoms with Crippen LogP contribution in [0, 0.1) is 6.92 Å². The maximum atomic E-state index is 11.7. The second-order valence-electron chi connectivity index (χ2n) is 3.24. The first kappa shape index (κ1) is 10.7. The van der Waals surface area contributed by atoms with E-state index < -0.39 is 0 Å². The Morgan fingerprint density at radius 1 is 1.38 bits per heavy atom. The van der Waals surface area contributed by atoms with Crippen LogP contribution in [0.3, 0.4) is 0 Å². The number of nitrogens with zero attached hydrogens (tertiary/aromatic N) is 1. The first-order chi connectivity index (χ1) is 7.65. The van der Waals surface area contributed by atoms with E-state index in [1.54, 1.807) is 31.2 Å². The molecular weight excluding hydrogens is 228 g/mol. The number of nitrogens with one attached hydrogen (secondary N) is 1. The van der Waals surface area contributed by atoms with Crippen LogP contribution in [0.5, 0.6) is 0 Å². The molecule has 0 radical (unpaired) electrons. The summed E-state index contributed by atoms with van der Waals surface area (Å²) < 4.78 is 5.13. The highest BCUT2D eigenvalue weighted by Gasteiger charge is 2.08. The van der Waals surface area contributed by atoms with E-state index in [1.807, 2.05) is 0 Å². The van der Waals surface area contributed by atoms with Crippen molar-refractivity contribution in [2.24, 2.45) is 0 Å². The lowest BCUT2D eigenvalue weighted by Crippen LogP contribution is -2.11. The number of aryl methyl sites for hydroxylation is 1. The summed E-state index contributed by atoms with van der Waals surface area (Å²) in [5.41, 5.74) is 0.500. The number of halogens is 1. The monoisotopic (exact) mass is 236 g/mol. The van der Waals surface area contributed by atoms with Crippen LogP contribution in [-0.4, -0.2) is 10.9 Å². The van der Waals surface area contributed by atoms with Gasteiger partial charge in [0, 0.05) is 10.6 Å². The molecule has 0 aliphatic carbocycles. The van der Waals surface area contributed by atoms with Crippen molar-refractivity contribution in [2.75, 3.05) is 5.32 Å². The molecule has 2 aromatic rings. The number of hydrogen-bond acceptors (Lipinski definition) is 3. The summed E-state index contributed by atoms with van der Waals surface area (Å²) in [4.78, 5) is 15.6. The van der Waals surface area contributed by atoms with Gasteiger partial charge in [-0.05, 0) is 31.2 Å². The molecule has 0 saturated heterocycles. The molecule has 0 fully saturated rings. The van der Waals surface area contributed by atoms with Crippen molar-refractivity contribution in [1.29, 1.82) is 0 Å². The smallest absolute Gasteiger partial charge is 0.301 e. The van der Waals surface area contributed by atoms with Crippen molar-refractivity contribution in [3.05, 3.63) is 46.8 Å². The second-order valence-corrected chi connectivity index (χ2v) is 3.67. The third-order valence-corrected chi connectivity index (χ3v) is 2.20. The lowest BCUT2D eigenvalue weighted by molar-refractivity contribution is 0.102. The van der Waals surface area contributed by atoms with Crippen LogP contribution >= 0.6 is 11.6 Å². The van der Waals surface area contributed by atoms with E-state index >= 15 is 0 Å². The number of benzene rings is 1. The Kier molecular flexibility index (Phi) is 2.92. The van der Waals surface area contributed by atoms with Crippen LogP contribution in [0.25, 0.3) is 0 Å². The number of carbonyl (C=O) groups is 1. The molecule has 1 amide bonds. The molecule has 16 heavy (non-hydrogen) atoms. The van der Waals surface area contributed by atoms with E-state index in [-0.39, 0.29) is 11.9 Å². The minimum absolute atomic E-state index is 0.192. The Morgan fingerprint density at radius 2 is 2.06 bits per heavy atom. The number of amides is 1. The summed E-state index contributed by atoms with van der Waals surface area (Å²) in [5, 5.41) is 3.13. The van der Waals surface area contributed by atoms with Crippen LogP contribution < -0.4 is 5.32 Å². The highest BCUT2D eigenvalue weighted by molar-refractivity contribution is 6.30. The van der Waals surface area contributed by atoms with E-state index in [0.717, 1.165) is 0 Å². The van der Waals surface area contributed by atoms with Crippen molar-refractivity contribution in [2.45, 2.75) is 6.92 Å². The van der Waals surface area contributed by atoms with E-state index in [4.69, 9.17) is 16.0 Å². The quantitative estimate of drug-likeness (QED) is 0.872.